The largest absolute Gasteiger partial charge is 0.409 e. The van der Waals surface area contributed by atoms with Crippen molar-refractivity contribution in [1.82, 2.24) is 72.8 Å². The van der Waals surface area contributed by atoms with Gasteiger partial charge in [0.05, 0.1) is 51.9 Å². The van der Waals surface area contributed by atoms with Crippen LogP contribution >= 0.6 is 0 Å². The molecule has 0 aromatic carbocycles. The fourth-order valence-electron chi connectivity index (χ4n) is 8.51. The average molecular weight is 1180 g/mol. The van der Waals surface area contributed by atoms with Crippen molar-refractivity contribution >= 4 is 103 Å². The van der Waals surface area contributed by atoms with Gasteiger partial charge in [-0.05, 0) is 96.4 Å². The Morgan fingerprint density at radius 2 is 0.607 bits per heavy atom. The summed E-state index contributed by atoms with van der Waals surface area (Å²) in [6, 6.07) is -0.639. The van der Waals surface area contributed by atoms with Gasteiger partial charge in [0.2, 0.25) is 96.9 Å². The lowest BCUT2D eigenvalue weighted by Crippen LogP contribution is -2.49. The van der Waals surface area contributed by atoms with Crippen molar-refractivity contribution in [3.8, 4) is 0 Å². The molecule has 0 aliphatic rings. The first-order valence-corrected chi connectivity index (χ1v) is 29.9. The molecule has 8 radical (unpaired) electrons. The second kappa shape index (κ2) is 51.4. The molecule has 0 heterocycles. The number of carbonyl (C=O) groups excluding carboxylic acids is 12. The van der Waals surface area contributed by atoms with Crippen molar-refractivity contribution < 1.29 is 57.5 Å². The number of carbonyl (C=O) groups is 12. The summed E-state index contributed by atoms with van der Waals surface area (Å²) in [5.41, 5.74) is 0. The molecular formula is C54H96B4N14O12. The molecule has 0 aromatic heterocycles. The molecule has 1 atom stereocenters. The molecule has 0 aromatic rings. The maximum Gasteiger partial charge on any atom is 0.234 e. The highest BCUT2D eigenvalue weighted by atomic mass is 16.2. The number of ketones is 1. The minimum absolute atomic E-state index is 0.0160. The Kier molecular flexibility index (Phi) is 47.7. The van der Waals surface area contributed by atoms with E-state index in [1.54, 1.807) is 4.90 Å². The zero-order valence-corrected chi connectivity index (χ0v) is 50.4. The molecule has 0 saturated carbocycles. The van der Waals surface area contributed by atoms with Crippen LogP contribution in [0.1, 0.15) is 162 Å². The Hall–Kier alpha value is -6.02. The fourth-order valence-corrected chi connectivity index (χ4v) is 8.51. The second-order valence-corrected chi connectivity index (χ2v) is 21.0. The van der Waals surface area contributed by atoms with Gasteiger partial charge in [0.1, 0.15) is 5.78 Å². The van der Waals surface area contributed by atoms with E-state index in [2.05, 4.69) is 58.1 Å². The SMILES string of the molecule is [B]NC(=O)CCCCCNC(=O)CN(CC(=O)NCCCCCNC(=O)CN(CC(=O)NCCCCCC(=O)N[B])CC(=O)NCCCCCC(=O)C(C)C)CC(=O)NCCCCCC(=O)NCCCCC(C(=O)N[B])N(CC)CC(=O)N[B]. The van der Waals surface area contributed by atoms with Gasteiger partial charge < -0.3 is 58.1 Å². The first-order chi connectivity index (χ1) is 40.3. The van der Waals surface area contributed by atoms with Crippen LogP contribution in [0.15, 0.2) is 0 Å². The summed E-state index contributed by atoms with van der Waals surface area (Å²) in [5.74, 6) is -3.63. The van der Waals surface area contributed by atoms with Crippen LogP contribution in [0, 0.1) is 5.92 Å². The molecule has 30 heteroatoms. The lowest BCUT2D eigenvalue weighted by atomic mass is 10.0. The summed E-state index contributed by atoms with van der Waals surface area (Å²) >= 11 is 0. The normalized spacial score (nSPS) is 11.3. The number of hydrogen-bond acceptors (Lipinski definition) is 15. The fraction of sp³-hybridized carbons (Fsp3) is 0.778. The quantitative estimate of drug-likeness (QED) is 0.0226. The van der Waals surface area contributed by atoms with E-state index in [1.807, 2.05) is 20.8 Å². The van der Waals surface area contributed by atoms with Crippen molar-refractivity contribution in [3.05, 3.63) is 0 Å². The third kappa shape index (κ3) is 44.5. The highest BCUT2D eigenvalue weighted by Gasteiger charge is 2.25. The lowest BCUT2D eigenvalue weighted by molar-refractivity contribution is -0.130. The van der Waals surface area contributed by atoms with Gasteiger partial charge in [0.15, 0.2) is 0 Å². The predicted octanol–water partition coefficient (Wildman–Crippen LogP) is -2.30. The third-order valence-electron chi connectivity index (χ3n) is 13.3. The van der Waals surface area contributed by atoms with Crippen molar-refractivity contribution in [2.45, 2.75) is 168 Å². The summed E-state index contributed by atoms with van der Waals surface area (Å²) < 4.78 is 0. The van der Waals surface area contributed by atoms with Gasteiger partial charge in [0, 0.05) is 77.4 Å². The van der Waals surface area contributed by atoms with Gasteiger partial charge in [-0.2, -0.15) is 0 Å². The summed E-state index contributed by atoms with van der Waals surface area (Å²) in [5, 5.41) is 28.1. The molecule has 11 N–H and O–H groups in total. The number of unbranched alkanes of at least 4 members (excludes halogenated alkanes) is 11. The number of likely N-dealkylation sites (N-methyl/N-ethyl adjacent to an activating group) is 1. The van der Waals surface area contributed by atoms with Crippen LogP contribution in [0.4, 0.5) is 0 Å². The van der Waals surface area contributed by atoms with Gasteiger partial charge in [-0.3, -0.25) is 72.2 Å². The smallest absolute Gasteiger partial charge is 0.234 e. The average Bonchev–Trinajstić information content (AvgIpc) is 3.58. The first kappa shape index (κ1) is 78.0. The standard InChI is InChI=1S/C54H96B4N14O12/c1-4-72(40-53(83)68-57)42(54(84)69-58)22-14-21-33-59-44(74)24-11-6-16-28-61-48(78)35-71(37-50(80)63-30-18-8-13-26-46(76)67-56)39-52(82)65-32-20-9-19-31-64-51(81)38-70(36-49(79)62-29-17-7-12-25-45(75)66-55)34-47(77)60-27-15-5-10-23-43(73)41(2)3/h41-42H,4-40H2,1-3H3,(H,59,74)(H,60,77)(H,61,78)(H,62,79)(H,63,80)(H,64,81)(H,65,82)(H,66,75)(H,67,76)(H,68,83)(H,69,84). The van der Waals surface area contributed by atoms with E-state index in [1.165, 1.54) is 9.80 Å². The summed E-state index contributed by atoms with van der Waals surface area (Å²) in [6.45, 7) is 6.97. The van der Waals surface area contributed by atoms with E-state index in [9.17, 15) is 57.5 Å². The minimum atomic E-state index is -0.639. The number of Topliss-reactive ketones (excluding diaryl/α,β-unsaturated/α-hetero) is 1. The molecule has 0 bridgehead atoms. The van der Waals surface area contributed by atoms with E-state index in [0.717, 1.165) is 12.8 Å². The van der Waals surface area contributed by atoms with E-state index in [-0.39, 0.29) is 118 Å². The van der Waals surface area contributed by atoms with Gasteiger partial charge in [-0.15, -0.1) is 0 Å². The van der Waals surface area contributed by atoms with Crippen LogP contribution < -0.4 is 58.1 Å². The molecule has 0 spiro atoms. The Morgan fingerprint density at radius 3 is 0.905 bits per heavy atom. The second-order valence-electron chi connectivity index (χ2n) is 21.0. The Bertz CT molecular complexity index is 1980. The highest BCUT2D eigenvalue weighted by Crippen LogP contribution is 2.10. The molecule has 26 nitrogen and oxygen atoms in total. The third-order valence-corrected chi connectivity index (χ3v) is 13.3. The van der Waals surface area contributed by atoms with Crippen molar-refractivity contribution in [3.63, 3.8) is 0 Å². The van der Waals surface area contributed by atoms with E-state index < -0.39 is 29.7 Å². The molecule has 0 fully saturated rings. The highest BCUT2D eigenvalue weighted by molar-refractivity contribution is 6.16. The number of nitrogens with zero attached hydrogens (tertiary/aromatic N) is 3. The Labute approximate surface area is 503 Å². The zero-order valence-electron chi connectivity index (χ0n) is 50.4. The van der Waals surface area contributed by atoms with E-state index in [4.69, 9.17) is 31.9 Å². The molecule has 0 aliphatic heterocycles. The van der Waals surface area contributed by atoms with Gasteiger partial charge >= 0.3 is 0 Å². The van der Waals surface area contributed by atoms with Crippen molar-refractivity contribution in [2.75, 3.05) is 98.2 Å². The molecule has 11 amide bonds. The molecule has 466 valence electrons. The lowest BCUT2D eigenvalue weighted by Gasteiger charge is -2.29. The molecule has 84 heavy (non-hydrogen) atoms. The first-order valence-electron chi connectivity index (χ1n) is 29.9. The summed E-state index contributed by atoms with van der Waals surface area (Å²) in [4.78, 5) is 154. The Morgan fingerprint density at radius 1 is 0.321 bits per heavy atom. The molecular weight excluding hydrogens is 1080 g/mol. The molecule has 0 aliphatic carbocycles. The summed E-state index contributed by atoms with van der Waals surface area (Å²) in [7, 11) is 20.8. The number of hydrogen-bond donors (Lipinski definition) is 11. The van der Waals surface area contributed by atoms with Crippen LogP contribution in [-0.4, -0.2) is 222 Å². The molecule has 1 unspecified atom stereocenters. The molecule has 0 saturated heterocycles. The number of nitrogens with one attached hydrogen (secondary N) is 11. The number of rotatable bonds is 53. The zero-order chi connectivity index (χ0) is 62.8. The van der Waals surface area contributed by atoms with Crippen LogP contribution in [0.25, 0.3) is 0 Å². The van der Waals surface area contributed by atoms with Crippen molar-refractivity contribution in [2.24, 2.45) is 5.92 Å². The monoisotopic (exact) mass is 1180 g/mol. The Balaban J connectivity index is 5.06. The van der Waals surface area contributed by atoms with Gasteiger partial charge in [0.25, 0.3) is 0 Å². The minimum Gasteiger partial charge on any atom is -0.409 e. The van der Waals surface area contributed by atoms with Crippen LogP contribution in [0.5, 0.6) is 0 Å². The van der Waals surface area contributed by atoms with Gasteiger partial charge in [-0.25, -0.2) is 0 Å². The van der Waals surface area contributed by atoms with Crippen LogP contribution in [-0.2, 0) is 57.5 Å². The van der Waals surface area contributed by atoms with Crippen LogP contribution in [0.3, 0.4) is 0 Å². The van der Waals surface area contributed by atoms with Crippen LogP contribution in [0.2, 0.25) is 0 Å². The predicted molar refractivity (Wildman–Crippen MR) is 322 cm³/mol. The molecule has 0 rings (SSSR count). The maximum absolute atomic E-state index is 13.1. The van der Waals surface area contributed by atoms with Crippen molar-refractivity contribution in [1.29, 1.82) is 0 Å². The number of amides is 11. The van der Waals surface area contributed by atoms with Gasteiger partial charge in [-0.1, -0.05) is 46.5 Å². The topological polar surface area (TPSA) is 347 Å². The summed E-state index contributed by atoms with van der Waals surface area (Å²) in [6.07, 6.45) is 12.4. The maximum atomic E-state index is 13.1. The van der Waals surface area contributed by atoms with E-state index >= 15 is 0 Å². The van der Waals surface area contributed by atoms with E-state index in [0.29, 0.717) is 162 Å².